The maximum absolute atomic E-state index is 13.5. The number of hydrogen-bond donors (Lipinski definition) is 2. The highest BCUT2D eigenvalue weighted by Gasteiger charge is 2.22. The fourth-order valence-electron chi connectivity index (χ4n) is 3.92. The summed E-state index contributed by atoms with van der Waals surface area (Å²) in [6.45, 7) is 3.79. The van der Waals surface area contributed by atoms with Crippen LogP contribution in [0.3, 0.4) is 0 Å². The Hall–Kier alpha value is -4.00. The molecule has 0 saturated carbocycles. The number of carbonyl (C=O) groups excluding carboxylic acids is 2. The number of fused-ring (bicyclic) bond motifs is 1. The fraction of sp³-hybridized carbons (Fsp3) is 0.200. The summed E-state index contributed by atoms with van der Waals surface area (Å²) >= 11 is 0. The molecule has 0 radical (unpaired) electrons. The maximum Gasteiger partial charge on any atom is 0.272 e. The standard InChI is InChI=1S/C25H24N4O3/c1-3-18-14-20-22(25(32)29(18)15-21(30)16-8-6-5-7-9-16)19(4-2)23(28-20)24(31)27-17-10-12-26-13-11-17/h5-14,28H,3-4,15H2,1-2H3,(H,26,27,31). The molecule has 4 rings (SSSR count). The molecule has 0 aliphatic carbocycles. The van der Waals surface area contributed by atoms with Gasteiger partial charge in [0, 0.05) is 29.3 Å². The minimum atomic E-state index is -0.325. The van der Waals surface area contributed by atoms with Crippen LogP contribution in [-0.4, -0.2) is 26.2 Å². The third-order valence-corrected chi connectivity index (χ3v) is 5.53. The number of rotatable bonds is 7. The molecule has 7 nitrogen and oxygen atoms in total. The molecule has 4 aromatic rings. The summed E-state index contributed by atoms with van der Waals surface area (Å²) in [5, 5.41) is 3.29. The zero-order valence-corrected chi connectivity index (χ0v) is 18.0. The Labute approximate surface area is 185 Å². The lowest BCUT2D eigenvalue weighted by molar-refractivity contribution is 0.0968. The van der Waals surface area contributed by atoms with Gasteiger partial charge in [-0.2, -0.15) is 0 Å². The predicted octanol–water partition coefficient (Wildman–Crippen LogP) is 3.98. The Morgan fingerprint density at radius 3 is 2.41 bits per heavy atom. The van der Waals surface area contributed by atoms with Gasteiger partial charge in [0.2, 0.25) is 0 Å². The van der Waals surface area contributed by atoms with Crippen LogP contribution in [0.15, 0.2) is 65.7 Å². The van der Waals surface area contributed by atoms with Crippen LogP contribution in [0.2, 0.25) is 0 Å². The summed E-state index contributed by atoms with van der Waals surface area (Å²) < 4.78 is 1.52. The number of aromatic amines is 1. The van der Waals surface area contributed by atoms with E-state index in [4.69, 9.17) is 0 Å². The van der Waals surface area contributed by atoms with Crippen molar-refractivity contribution in [3.05, 3.63) is 93.8 Å². The molecule has 162 valence electrons. The summed E-state index contributed by atoms with van der Waals surface area (Å²) in [5.41, 5.74) is 3.24. The number of nitrogens with one attached hydrogen (secondary N) is 2. The minimum absolute atomic E-state index is 0.0468. The lowest BCUT2D eigenvalue weighted by Gasteiger charge is -2.12. The number of benzene rings is 1. The van der Waals surface area contributed by atoms with Crippen LogP contribution in [0.5, 0.6) is 0 Å². The van der Waals surface area contributed by atoms with E-state index in [1.54, 1.807) is 48.8 Å². The number of amides is 1. The first-order valence-corrected chi connectivity index (χ1v) is 10.6. The Balaban J connectivity index is 1.78. The molecule has 0 aliphatic rings. The lowest BCUT2D eigenvalue weighted by atomic mass is 10.1. The molecule has 0 unspecified atom stereocenters. The molecule has 3 aromatic heterocycles. The molecule has 0 atom stereocenters. The normalized spacial score (nSPS) is 10.9. The number of Topliss-reactive ketones (excluding diaryl/α,β-unsaturated/α-hetero) is 1. The minimum Gasteiger partial charge on any atom is -0.350 e. The van der Waals surface area contributed by atoms with Gasteiger partial charge in [-0.05, 0) is 36.6 Å². The van der Waals surface area contributed by atoms with Crippen molar-refractivity contribution in [2.24, 2.45) is 0 Å². The van der Waals surface area contributed by atoms with Crippen molar-refractivity contribution in [3.8, 4) is 0 Å². The maximum atomic E-state index is 13.5. The van der Waals surface area contributed by atoms with E-state index in [-0.39, 0.29) is 23.8 Å². The van der Waals surface area contributed by atoms with E-state index >= 15 is 0 Å². The van der Waals surface area contributed by atoms with Crippen LogP contribution in [0.4, 0.5) is 5.69 Å². The summed E-state index contributed by atoms with van der Waals surface area (Å²) in [4.78, 5) is 46.3. The number of carbonyl (C=O) groups is 2. The molecule has 2 N–H and O–H groups in total. The molecule has 0 fully saturated rings. The first-order chi connectivity index (χ1) is 15.5. The molecule has 3 heterocycles. The zero-order chi connectivity index (χ0) is 22.7. The van der Waals surface area contributed by atoms with Crippen molar-refractivity contribution in [3.63, 3.8) is 0 Å². The number of anilines is 1. The highest BCUT2D eigenvalue weighted by Crippen LogP contribution is 2.23. The van der Waals surface area contributed by atoms with E-state index in [1.807, 2.05) is 26.0 Å². The van der Waals surface area contributed by atoms with Crippen molar-refractivity contribution in [2.45, 2.75) is 33.2 Å². The van der Waals surface area contributed by atoms with Gasteiger partial charge in [-0.25, -0.2) is 0 Å². The van der Waals surface area contributed by atoms with Crippen molar-refractivity contribution >= 4 is 28.3 Å². The van der Waals surface area contributed by atoms with Gasteiger partial charge in [-0.3, -0.25) is 19.4 Å². The van der Waals surface area contributed by atoms with E-state index in [9.17, 15) is 14.4 Å². The van der Waals surface area contributed by atoms with Gasteiger partial charge in [0.15, 0.2) is 5.78 Å². The topological polar surface area (TPSA) is 96.8 Å². The van der Waals surface area contributed by atoms with Crippen molar-refractivity contribution in [2.75, 3.05) is 5.32 Å². The number of ketones is 1. The van der Waals surface area contributed by atoms with Gasteiger partial charge >= 0.3 is 0 Å². The summed E-state index contributed by atoms with van der Waals surface area (Å²) in [5.74, 6) is -0.459. The Morgan fingerprint density at radius 1 is 1.03 bits per heavy atom. The average molecular weight is 428 g/mol. The van der Waals surface area contributed by atoms with Crippen LogP contribution in [0, 0.1) is 0 Å². The van der Waals surface area contributed by atoms with Gasteiger partial charge < -0.3 is 14.9 Å². The summed E-state index contributed by atoms with van der Waals surface area (Å²) in [7, 11) is 0. The highest BCUT2D eigenvalue weighted by molar-refractivity contribution is 6.08. The van der Waals surface area contributed by atoms with E-state index in [1.165, 1.54) is 4.57 Å². The second-order valence-electron chi connectivity index (χ2n) is 7.48. The Kier molecular flexibility index (Phi) is 5.98. The smallest absolute Gasteiger partial charge is 0.272 e. The first-order valence-electron chi connectivity index (χ1n) is 10.6. The van der Waals surface area contributed by atoms with Crippen molar-refractivity contribution in [1.29, 1.82) is 0 Å². The zero-order valence-electron chi connectivity index (χ0n) is 18.0. The van der Waals surface area contributed by atoms with Crippen LogP contribution >= 0.6 is 0 Å². The van der Waals surface area contributed by atoms with E-state index < -0.39 is 0 Å². The molecular formula is C25H24N4O3. The SMILES string of the molecule is CCc1c(C(=O)Nc2ccncc2)[nH]c2cc(CC)n(CC(=O)c3ccccc3)c(=O)c12. The van der Waals surface area contributed by atoms with Crippen LogP contribution in [-0.2, 0) is 19.4 Å². The predicted molar refractivity (Wildman–Crippen MR) is 124 cm³/mol. The molecule has 7 heteroatoms. The van der Waals surface area contributed by atoms with Gasteiger partial charge in [0.25, 0.3) is 11.5 Å². The number of hydrogen-bond acceptors (Lipinski definition) is 4. The average Bonchev–Trinajstić information content (AvgIpc) is 3.20. The van der Waals surface area contributed by atoms with E-state index in [2.05, 4.69) is 15.3 Å². The molecule has 0 spiro atoms. The summed E-state index contributed by atoms with van der Waals surface area (Å²) in [6, 6.07) is 14.2. The van der Waals surface area contributed by atoms with E-state index in [0.29, 0.717) is 46.3 Å². The molecule has 1 aromatic carbocycles. The van der Waals surface area contributed by atoms with Gasteiger partial charge in [0.1, 0.15) is 5.69 Å². The number of nitrogens with zero attached hydrogens (tertiary/aromatic N) is 2. The highest BCUT2D eigenvalue weighted by atomic mass is 16.2. The fourth-order valence-corrected chi connectivity index (χ4v) is 3.92. The molecule has 1 amide bonds. The third kappa shape index (κ3) is 3.97. The summed E-state index contributed by atoms with van der Waals surface area (Å²) in [6.07, 6.45) is 4.26. The second-order valence-corrected chi connectivity index (χ2v) is 7.48. The Bertz CT molecular complexity index is 1340. The van der Waals surface area contributed by atoms with Gasteiger partial charge in [-0.1, -0.05) is 44.2 Å². The molecule has 0 saturated heterocycles. The number of aryl methyl sites for hydroxylation is 2. The molecular weight excluding hydrogens is 404 g/mol. The molecule has 32 heavy (non-hydrogen) atoms. The molecule has 0 bridgehead atoms. The van der Waals surface area contributed by atoms with Gasteiger partial charge in [-0.15, -0.1) is 0 Å². The van der Waals surface area contributed by atoms with Gasteiger partial charge in [0.05, 0.1) is 17.4 Å². The van der Waals surface area contributed by atoms with Crippen LogP contribution in [0.1, 0.15) is 46.0 Å². The molecule has 0 aliphatic heterocycles. The van der Waals surface area contributed by atoms with Crippen LogP contribution < -0.4 is 10.9 Å². The van der Waals surface area contributed by atoms with Crippen LogP contribution in [0.25, 0.3) is 10.9 Å². The largest absolute Gasteiger partial charge is 0.350 e. The number of H-pyrrole nitrogens is 1. The lowest BCUT2D eigenvalue weighted by Crippen LogP contribution is -2.27. The number of pyridine rings is 2. The van der Waals surface area contributed by atoms with Crippen molar-refractivity contribution in [1.82, 2.24) is 14.5 Å². The quantitative estimate of drug-likeness (QED) is 0.435. The van der Waals surface area contributed by atoms with E-state index in [0.717, 1.165) is 5.69 Å². The second kappa shape index (κ2) is 9.01. The van der Waals surface area contributed by atoms with Crippen molar-refractivity contribution < 1.29 is 9.59 Å². The Morgan fingerprint density at radius 2 is 1.75 bits per heavy atom. The monoisotopic (exact) mass is 428 g/mol. The third-order valence-electron chi connectivity index (χ3n) is 5.53. The first kappa shape index (κ1) is 21.2. The number of aromatic nitrogens is 3.